The number of aliphatic hydroxyl groups excluding tert-OH is 2. The van der Waals surface area contributed by atoms with Crippen molar-refractivity contribution in [3.8, 4) is 0 Å². The molecule has 0 rings (SSSR count). The van der Waals surface area contributed by atoms with Crippen LogP contribution in [-0.4, -0.2) is 47.4 Å². The van der Waals surface area contributed by atoms with Crippen molar-refractivity contribution in [2.45, 2.75) is 488 Å². The van der Waals surface area contributed by atoms with E-state index in [1.807, 2.05) is 0 Å². The summed E-state index contributed by atoms with van der Waals surface area (Å²) in [5, 5.41) is 23.4. The smallest absolute Gasteiger partial charge is 0.305 e. The fraction of sp³-hybridized carbons (Fsp3) is 0.951. The van der Waals surface area contributed by atoms with Crippen LogP contribution < -0.4 is 5.32 Å². The van der Waals surface area contributed by atoms with Gasteiger partial charge in [-0.3, -0.25) is 9.59 Å². The molecule has 2 unspecified atom stereocenters. The maximum Gasteiger partial charge on any atom is 0.305 e. The minimum absolute atomic E-state index is 0.0243. The fourth-order valence-electron chi connectivity index (χ4n) is 13.3. The Kier molecular flexibility index (Phi) is 76.8. The van der Waals surface area contributed by atoms with Gasteiger partial charge in [-0.25, -0.2) is 0 Å². The van der Waals surface area contributed by atoms with Gasteiger partial charge in [0.25, 0.3) is 0 Å². The van der Waals surface area contributed by atoms with Crippen molar-refractivity contribution in [2.75, 3.05) is 13.2 Å². The molecule has 3 N–H and O–H groups in total. The lowest BCUT2D eigenvalue weighted by molar-refractivity contribution is -0.143. The molecule has 0 heterocycles. The number of ether oxygens (including phenoxy) is 1. The van der Waals surface area contributed by atoms with Crippen molar-refractivity contribution in [1.29, 1.82) is 0 Å². The summed E-state index contributed by atoms with van der Waals surface area (Å²) in [5.41, 5.74) is 0. The topological polar surface area (TPSA) is 95.9 Å². The first-order chi connectivity index (χ1) is 43.5. The molecule has 0 aromatic heterocycles. The van der Waals surface area contributed by atoms with Gasteiger partial charge in [-0.2, -0.15) is 0 Å². The number of allylic oxidation sites excluding steroid dienone is 2. The molecule has 6 heteroatoms. The number of nitrogens with one attached hydrogen (secondary N) is 1. The van der Waals surface area contributed by atoms with Crippen LogP contribution in [0.2, 0.25) is 0 Å². The Balaban J connectivity index is 3.32. The van der Waals surface area contributed by atoms with Gasteiger partial charge in [-0.05, 0) is 51.4 Å². The third kappa shape index (κ3) is 73.6. The van der Waals surface area contributed by atoms with Crippen LogP contribution >= 0.6 is 0 Å². The van der Waals surface area contributed by atoms with E-state index in [0.717, 1.165) is 38.5 Å². The van der Waals surface area contributed by atoms with E-state index in [-0.39, 0.29) is 18.5 Å². The zero-order valence-corrected chi connectivity index (χ0v) is 60.3. The van der Waals surface area contributed by atoms with Crippen LogP contribution in [0.3, 0.4) is 0 Å². The first kappa shape index (κ1) is 86.6. The SMILES string of the molecule is CCCCCCCCCCCCCCCCCCCCCCC(O)C(CO)NC(=O)CCCCCCCCCCCCCCCCCCC/C=C\CCCCCCCCCCCCCCCCCCCCOC(=O)CCCCCCCCCCCCCC. The Morgan fingerprint density at radius 2 is 0.534 bits per heavy atom. The Morgan fingerprint density at radius 1 is 0.307 bits per heavy atom. The molecule has 6 nitrogen and oxygen atoms in total. The van der Waals surface area contributed by atoms with Gasteiger partial charge in [0, 0.05) is 12.8 Å². The standard InChI is InChI=1S/C82H161NO5/c1-3-5-7-9-11-13-15-17-18-19-20-42-45-48-51-54-58-62-66-70-74-80(85)79(78-84)83-81(86)75-71-67-63-59-55-52-49-46-43-40-38-36-34-32-30-28-26-24-22-21-23-25-27-29-31-33-35-37-39-41-44-47-50-53-57-61-65-69-73-77-88-82(87)76-72-68-64-60-56-16-14-12-10-8-6-4-2/h21-22,79-80,84-85H,3-20,23-78H2,1-2H3,(H,83,86)/b22-21-. The van der Waals surface area contributed by atoms with Crippen LogP contribution in [-0.2, 0) is 14.3 Å². The van der Waals surface area contributed by atoms with Crippen molar-refractivity contribution in [2.24, 2.45) is 0 Å². The third-order valence-corrected chi connectivity index (χ3v) is 19.6. The second-order valence-corrected chi connectivity index (χ2v) is 28.5. The molecule has 0 aliphatic rings. The van der Waals surface area contributed by atoms with Gasteiger partial charge in [0.2, 0.25) is 5.91 Å². The molecule has 2 atom stereocenters. The minimum Gasteiger partial charge on any atom is -0.466 e. The first-order valence-corrected chi connectivity index (χ1v) is 40.9. The van der Waals surface area contributed by atoms with Crippen LogP contribution in [0.15, 0.2) is 12.2 Å². The number of rotatable bonds is 78. The third-order valence-electron chi connectivity index (χ3n) is 19.6. The van der Waals surface area contributed by atoms with E-state index in [4.69, 9.17) is 4.74 Å². The molecule has 0 radical (unpaired) electrons. The van der Waals surface area contributed by atoms with E-state index in [9.17, 15) is 19.8 Å². The molecule has 0 aromatic rings. The van der Waals surface area contributed by atoms with E-state index in [1.165, 1.54) is 405 Å². The fourth-order valence-corrected chi connectivity index (χ4v) is 13.3. The predicted octanol–water partition coefficient (Wildman–Crippen LogP) is 27.1. The highest BCUT2D eigenvalue weighted by atomic mass is 16.5. The van der Waals surface area contributed by atoms with E-state index in [2.05, 4.69) is 31.3 Å². The zero-order chi connectivity index (χ0) is 63.5. The Labute approximate surface area is 552 Å². The van der Waals surface area contributed by atoms with Crippen molar-refractivity contribution >= 4 is 11.9 Å². The average Bonchev–Trinajstić information content (AvgIpc) is 3.55. The van der Waals surface area contributed by atoms with Gasteiger partial charge in [0.15, 0.2) is 0 Å². The molecule has 0 aliphatic carbocycles. The summed E-state index contributed by atoms with van der Waals surface area (Å²) in [7, 11) is 0. The number of unbranched alkanes of at least 4 members (excludes halogenated alkanes) is 65. The maximum atomic E-state index is 12.6. The quantitative estimate of drug-likeness (QED) is 0.0320. The van der Waals surface area contributed by atoms with Crippen LogP contribution in [0.25, 0.3) is 0 Å². The molecule has 0 fully saturated rings. The molecular weight excluding hydrogens is 1080 g/mol. The number of hydrogen-bond donors (Lipinski definition) is 3. The van der Waals surface area contributed by atoms with Gasteiger partial charge in [0.05, 0.1) is 25.4 Å². The number of aliphatic hydroxyl groups is 2. The van der Waals surface area contributed by atoms with Crippen LogP contribution in [0.4, 0.5) is 0 Å². The second-order valence-electron chi connectivity index (χ2n) is 28.5. The molecule has 0 saturated carbocycles. The lowest BCUT2D eigenvalue weighted by atomic mass is 10.0. The molecule has 0 aromatic carbocycles. The van der Waals surface area contributed by atoms with E-state index < -0.39 is 12.1 Å². The van der Waals surface area contributed by atoms with Gasteiger partial charge in [-0.1, -0.05) is 424 Å². The molecule has 0 spiro atoms. The number of hydrogen-bond acceptors (Lipinski definition) is 5. The van der Waals surface area contributed by atoms with Gasteiger partial charge in [0.1, 0.15) is 0 Å². The highest BCUT2D eigenvalue weighted by Gasteiger charge is 2.20. The molecular formula is C82H161NO5. The lowest BCUT2D eigenvalue weighted by Gasteiger charge is -2.22. The first-order valence-electron chi connectivity index (χ1n) is 40.9. The molecule has 0 aliphatic heterocycles. The minimum atomic E-state index is -0.661. The highest BCUT2D eigenvalue weighted by Crippen LogP contribution is 2.21. The zero-order valence-electron chi connectivity index (χ0n) is 60.3. The maximum absolute atomic E-state index is 12.6. The average molecular weight is 1240 g/mol. The van der Waals surface area contributed by atoms with E-state index in [1.54, 1.807) is 0 Å². The summed E-state index contributed by atoms with van der Waals surface area (Å²) in [6.07, 6.45) is 99.0. The van der Waals surface area contributed by atoms with Crippen molar-refractivity contribution in [3.05, 3.63) is 12.2 Å². The lowest BCUT2D eigenvalue weighted by Crippen LogP contribution is -2.45. The Morgan fingerprint density at radius 3 is 0.807 bits per heavy atom. The normalized spacial score (nSPS) is 12.5. The van der Waals surface area contributed by atoms with Crippen molar-refractivity contribution in [3.63, 3.8) is 0 Å². The van der Waals surface area contributed by atoms with Crippen molar-refractivity contribution < 1.29 is 24.5 Å². The number of amides is 1. The summed E-state index contributed by atoms with van der Waals surface area (Å²) < 4.78 is 5.49. The largest absolute Gasteiger partial charge is 0.466 e. The number of carbonyl (C=O) groups excluding carboxylic acids is 2. The summed E-state index contributed by atoms with van der Waals surface area (Å²) in [4.78, 5) is 24.6. The summed E-state index contributed by atoms with van der Waals surface area (Å²) in [6, 6.07) is -0.538. The monoisotopic (exact) mass is 1240 g/mol. The second kappa shape index (κ2) is 78.0. The molecule has 88 heavy (non-hydrogen) atoms. The van der Waals surface area contributed by atoms with E-state index in [0.29, 0.717) is 25.9 Å². The van der Waals surface area contributed by atoms with Gasteiger partial charge in [-0.15, -0.1) is 0 Å². The van der Waals surface area contributed by atoms with Crippen LogP contribution in [0.1, 0.15) is 476 Å². The van der Waals surface area contributed by atoms with Crippen LogP contribution in [0, 0.1) is 0 Å². The number of carbonyl (C=O) groups is 2. The van der Waals surface area contributed by atoms with Gasteiger partial charge >= 0.3 is 5.97 Å². The van der Waals surface area contributed by atoms with Gasteiger partial charge < -0.3 is 20.3 Å². The molecule has 1 amide bonds. The van der Waals surface area contributed by atoms with Crippen molar-refractivity contribution in [1.82, 2.24) is 5.32 Å². The van der Waals surface area contributed by atoms with E-state index >= 15 is 0 Å². The predicted molar refractivity (Wildman–Crippen MR) is 389 cm³/mol. The molecule has 524 valence electrons. The molecule has 0 saturated heterocycles. The Bertz CT molecular complexity index is 1340. The Hall–Kier alpha value is -1.40. The number of esters is 1. The van der Waals surface area contributed by atoms with Crippen LogP contribution in [0.5, 0.6) is 0 Å². The summed E-state index contributed by atoms with van der Waals surface area (Å²) in [5.74, 6) is -0.000719. The summed E-state index contributed by atoms with van der Waals surface area (Å²) in [6.45, 7) is 5.01. The highest BCUT2D eigenvalue weighted by molar-refractivity contribution is 5.76. The summed E-state index contributed by atoms with van der Waals surface area (Å²) >= 11 is 0. The molecule has 0 bridgehead atoms.